The Morgan fingerprint density at radius 2 is 1.56 bits per heavy atom. The minimum atomic E-state index is -2.65. The molecule has 4 aliphatic heterocycles. The van der Waals surface area contributed by atoms with Crippen molar-refractivity contribution in [2.45, 2.75) is 146 Å². The van der Waals surface area contributed by atoms with Crippen LogP contribution in [0.1, 0.15) is 131 Å². The molecule has 5 aliphatic rings. The van der Waals surface area contributed by atoms with Crippen molar-refractivity contribution in [3.05, 3.63) is 53.1 Å². The highest BCUT2D eigenvalue weighted by molar-refractivity contribution is 5.80. The number of terminal acetylenes is 1. The van der Waals surface area contributed by atoms with Crippen molar-refractivity contribution >= 4 is 17.7 Å². The lowest BCUT2D eigenvalue weighted by atomic mass is 9.86. The van der Waals surface area contributed by atoms with E-state index in [9.17, 15) is 23.2 Å². The Balaban J connectivity index is 0.877. The number of piperidine rings is 1. The van der Waals surface area contributed by atoms with Gasteiger partial charge in [-0.3, -0.25) is 24.2 Å². The maximum Gasteiger partial charge on any atom is 0.248 e. The zero-order chi connectivity index (χ0) is 39.9. The van der Waals surface area contributed by atoms with E-state index in [-0.39, 0.29) is 55.4 Å². The second-order valence-electron chi connectivity index (χ2n) is 17.4. The van der Waals surface area contributed by atoms with Crippen LogP contribution < -0.4 is 5.32 Å². The lowest BCUT2D eigenvalue weighted by Crippen LogP contribution is -2.48. The van der Waals surface area contributed by atoms with Gasteiger partial charge >= 0.3 is 0 Å². The summed E-state index contributed by atoms with van der Waals surface area (Å²) in [6.45, 7) is 8.52. The monoisotopic (exact) mass is 787 g/mol. The summed E-state index contributed by atoms with van der Waals surface area (Å²) in [7, 11) is 0. The number of imidazole rings is 1. The lowest BCUT2D eigenvalue weighted by Gasteiger charge is -2.41. The van der Waals surface area contributed by atoms with Gasteiger partial charge in [0, 0.05) is 108 Å². The average molecular weight is 788 g/mol. The van der Waals surface area contributed by atoms with E-state index in [1.165, 1.54) is 5.69 Å². The molecule has 5 heterocycles. The molecule has 310 valence electrons. The first-order valence-corrected chi connectivity index (χ1v) is 21.9. The zero-order valence-corrected chi connectivity index (χ0v) is 34.0. The third-order valence-corrected chi connectivity index (χ3v) is 13.6. The molecule has 2 aromatic rings. The predicted octanol–water partition coefficient (Wildman–Crippen LogP) is 6.44. The zero-order valence-electron chi connectivity index (χ0n) is 34.0. The fourth-order valence-electron chi connectivity index (χ4n) is 10.4. The Hall–Kier alpha value is -3.82. The first-order valence-electron chi connectivity index (χ1n) is 21.9. The number of fused-ring (bicyclic) bond motifs is 3. The van der Waals surface area contributed by atoms with E-state index in [1.54, 1.807) is 0 Å². The smallest absolute Gasteiger partial charge is 0.248 e. The van der Waals surface area contributed by atoms with Crippen LogP contribution in [-0.2, 0) is 27.3 Å². The fraction of sp³-hybridized carbons (Fsp3) is 0.689. The molecule has 3 atom stereocenters. The van der Waals surface area contributed by atoms with Crippen molar-refractivity contribution in [2.75, 3.05) is 45.8 Å². The molecular weight excluding hydrogens is 725 g/mol. The van der Waals surface area contributed by atoms with Gasteiger partial charge in [0.25, 0.3) is 0 Å². The van der Waals surface area contributed by atoms with E-state index in [1.807, 2.05) is 28.0 Å². The van der Waals surface area contributed by atoms with E-state index in [4.69, 9.17) is 11.4 Å². The Kier molecular flexibility index (Phi) is 13.7. The molecule has 2 unspecified atom stereocenters. The van der Waals surface area contributed by atoms with Crippen molar-refractivity contribution in [1.82, 2.24) is 34.5 Å². The number of carbonyl (C=O) groups is 3. The molecule has 1 aliphatic carbocycles. The van der Waals surface area contributed by atoms with Crippen LogP contribution in [-0.4, -0.2) is 111 Å². The number of halogens is 2. The van der Waals surface area contributed by atoms with Gasteiger partial charge < -0.3 is 19.7 Å². The van der Waals surface area contributed by atoms with Crippen molar-refractivity contribution in [3.8, 4) is 12.3 Å². The number of hydrogen-bond acceptors (Lipinski definition) is 6. The molecule has 3 amide bonds. The van der Waals surface area contributed by atoms with E-state index < -0.39 is 5.92 Å². The third kappa shape index (κ3) is 10.3. The molecular formula is C45H63F2N7O3. The molecule has 12 heteroatoms. The number of unbranched alkanes of at least 4 members (excludes halogenated alkanes) is 2. The van der Waals surface area contributed by atoms with Crippen molar-refractivity contribution in [1.29, 1.82) is 0 Å². The van der Waals surface area contributed by atoms with E-state index in [0.29, 0.717) is 50.5 Å². The number of nitrogens with one attached hydrogen (secondary N) is 1. The van der Waals surface area contributed by atoms with Crippen LogP contribution in [0.5, 0.6) is 0 Å². The summed E-state index contributed by atoms with van der Waals surface area (Å²) in [5.74, 6) is 0.875. The minimum absolute atomic E-state index is 0.0967. The summed E-state index contributed by atoms with van der Waals surface area (Å²) in [5.41, 5.74) is 3.34. The number of carbonyl (C=O) groups excluding carboxylic acids is 3. The van der Waals surface area contributed by atoms with Crippen molar-refractivity contribution in [3.63, 3.8) is 0 Å². The molecule has 2 bridgehead atoms. The van der Waals surface area contributed by atoms with E-state index in [0.717, 1.165) is 114 Å². The molecule has 1 N–H and O–H groups in total. The second kappa shape index (κ2) is 18.8. The van der Waals surface area contributed by atoms with Gasteiger partial charge in [0.15, 0.2) is 0 Å². The van der Waals surface area contributed by atoms with Gasteiger partial charge in [-0.25, -0.2) is 13.8 Å². The fourth-order valence-corrected chi connectivity index (χ4v) is 10.4. The SMILES string of the molecule is C#CCCCCN1CCN(C(=O)CCCC(=O)N2CCc3c(nc(C)n3C3CC4CCC(C3)N4CC[C@H](NC(=O)C3CCC(F)(F)CC3)c3ccccc3)C2)CC1. The van der Waals surface area contributed by atoms with Crippen LogP contribution in [0.4, 0.5) is 8.78 Å². The summed E-state index contributed by atoms with van der Waals surface area (Å²) < 4.78 is 30.1. The number of nitrogens with zero attached hydrogens (tertiary/aromatic N) is 6. The minimum Gasteiger partial charge on any atom is -0.349 e. The van der Waals surface area contributed by atoms with Crippen LogP contribution in [0.15, 0.2) is 30.3 Å². The number of rotatable bonds is 15. The summed E-state index contributed by atoms with van der Waals surface area (Å²) >= 11 is 0. The van der Waals surface area contributed by atoms with Gasteiger partial charge in [0.1, 0.15) is 5.82 Å². The van der Waals surface area contributed by atoms with Crippen LogP contribution >= 0.6 is 0 Å². The molecule has 10 nitrogen and oxygen atoms in total. The summed E-state index contributed by atoms with van der Waals surface area (Å²) in [6.07, 6.45) is 15.7. The van der Waals surface area contributed by atoms with Crippen LogP contribution in [0, 0.1) is 25.2 Å². The maximum absolute atomic E-state index is 13.8. The number of amides is 3. The maximum atomic E-state index is 13.8. The van der Waals surface area contributed by atoms with Gasteiger partial charge in [0.05, 0.1) is 18.3 Å². The number of hydrogen-bond donors (Lipinski definition) is 1. The number of piperazine rings is 1. The van der Waals surface area contributed by atoms with Gasteiger partial charge in [-0.05, 0) is 83.2 Å². The van der Waals surface area contributed by atoms with Gasteiger partial charge in [-0.15, -0.1) is 12.3 Å². The predicted molar refractivity (Wildman–Crippen MR) is 216 cm³/mol. The summed E-state index contributed by atoms with van der Waals surface area (Å²) in [4.78, 5) is 53.6. The third-order valence-electron chi connectivity index (χ3n) is 13.6. The molecule has 3 saturated heterocycles. The molecule has 0 radical (unpaired) electrons. The van der Waals surface area contributed by atoms with Crippen molar-refractivity contribution in [2.24, 2.45) is 5.92 Å². The Bertz CT molecular complexity index is 1710. The highest BCUT2D eigenvalue weighted by Crippen LogP contribution is 2.43. The summed E-state index contributed by atoms with van der Waals surface area (Å²) in [6, 6.07) is 11.2. The normalized spacial score (nSPS) is 24.5. The first-order chi connectivity index (χ1) is 27.6. The number of alkyl halides is 2. The lowest BCUT2D eigenvalue weighted by molar-refractivity contribution is -0.134. The molecule has 7 rings (SSSR count). The number of aryl methyl sites for hydroxylation is 1. The van der Waals surface area contributed by atoms with Crippen LogP contribution in [0.3, 0.4) is 0 Å². The number of benzene rings is 1. The highest BCUT2D eigenvalue weighted by atomic mass is 19.3. The van der Waals surface area contributed by atoms with E-state index >= 15 is 0 Å². The molecule has 57 heavy (non-hydrogen) atoms. The molecule has 1 aromatic carbocycles. The molecule has 1 saturated carbocycles. The van der Waals surface area contributed by atoms with Gasteiger partial charge in [-0.1, -0.05) is 30.3 Å². The topological polar surface area (TPSA) is 94.0 Å². The molecule has 0 spiro atoms. The highest BCUT2D eigenvalue weighted by Gasteiger charge is 2.43. The Morgan fingerprint density at radius 3 is 2.25 bits per heavy atom. The quantitative estimate of drug-likeness (QED) is 0.165. The average Bonchev–Trinajstić information content (AvgIpc) is 3.67. The summed E-state index contributed by atoms with van der Waals surface area (Å²) in [5, 5.41) is 3.27. The molecule has 4 fully saturated rings. The van der Waals surface area contributed by atoms with Crippen molar-refractivity contribution < 1.29 is 23.2 Å². The second-order valence-corrected chi connectivity index (χ2v) is 17.4. The molecule has 1 aromatic heterocycles. The number of aromatic nitrogens is 2. The van der Waals surface area contributed by atoms with E-state index in [2.05, 4.69) is 44.7 Å². The standard InChI is InChI=1S/C45H63F2N7O3/c1-3-4-5-9-23-50-26-28-51(29-27-50)42(55)13-10-14-43(56)52-24-20-41-40(32-52)48-33(2)54(41)38-30-36-15-16-37(31-38)53(36)25-19-39(34-11-7-6-8-12-34)49-44(57)35-17-21-45(46,47)22-18-35/h1,6-8,11-12,35-39H,4-5,9-10,13-32H2,2H3,(H,49,57)/t36?,37?,38?,39-/m0/s1. The van der Waals surface area contributed by atoms with Gasteiger partial charge in [-0.2, -0.15) is 0 Å². The Morgan fingerprint density at radius 1 is 0.877 bits per heavy atom. The Labute approximate surface area is 338 Å². The largest absolute Gasteiger partial charge is 0.349 e. The van der Waals surface area contributed by atoms with Crippen LogP contribution in [0.25, 0.3) is 0 Å². The van der Waals surface area contributed by atoms with Crippen LogP contribution in [0.2, 0.25) is 0 Å². The van der Waals surface area contributed by atoms with Gasteiger partial charge in [0.2, 0.25) is 23.6 Å². The first kappa shape index (κ1) is 41.3.